The maximum absolute atomic E-state index is 12.6. The molecule has 9 nitrogen and oxygen atoms in total. The van der Waals surface area contributed by atoms with Crippen LogP contribution >= 0.6 is 11.6 Å². The average Bonchev–Trinajstić information content (AvgIpc) is 3.03. The van der Waals surface area contributed by atoms with Gasteiger partial charge in [0, 0.05) is 0 Å². The van der Waals surface area contributed by atoms with Crippen LogP contribution in [0.1, 0.15) is 20.3 Å². The van der Waals surface area contributed by atoms with Gasteiger partial charge in [0.05, 0.1) is 23.0 Å². The fourth-order valence-corrected chi connectivity index (χ4v) is 2.96. The lowest BCUT2D eigenvalue weighted by Gasteiger charge is -2.11. The van der Waals surface area contributed by atoms with Crippen LogP contribution in [0.3, 0.4) is 0 Å². The lowest BCUT2D eigenvalue weighted by Crippen LogP contribution is -2.36. The molecule has 31 heavy (non-hydrogen) atoms. The minimum absolute atomic E-state index is 0.294. The molecule has 0 aromatic heterocycles. The van der Waals surface area contributed by atoms with Crippen molar-refractivity contribution in [3.05, 3.63) is 53.6 Å². The third-order valence-corrected chi connectivity index (χ3v) is 4.57. The number of para-hydroxylation sites is 2. The Kier molecular flexibility index (Phi) is 7.09. The van der Waals surface area contributed by atoms with Gasteiger partial charge < -0.3 is 10.1 Å². The van der Waals surface area contributed by atoms with E-state index < -0.39 is 30.2 Å². The minimum atomic E-state index is -1.05. The van der Waals surface area contributed by atoms with Crippen LogP contribution in [0, 0.1) is 0 Å². The molecule has 0 aliphatic carbocycles. The van der Waals surface area contributed by atoms with Crippen LogP contribution in [0.15, 0.2) is 63.9 Å². The number of hydrazone groups is 1. The number of hydrogen-bond donors (Lipinski definition) is 1. The molecule has 160 valence electrons. The van der Waals surface area contributed by atoms with Crippen LogP contribution in [-0.2, 0) is 14.4 Å². The van der Waals surface area contributed by atoms with Crippen LogP contribution < -0.4 is 10.1 Å². The van der Waals surface area contributed by atoms with E-state index in [1.165, 1.54) is 0 Å². The Bertz CT molecular complexity index is 1070. The summed E-state index contributed by atoms with van der Waals surface area (Å²) in [5.74, 6) is -1.54. The van der Waals surface area contributed by atoms with Crippen molar-refractivity contribution in [3.63, 3.8) is 0 Å². The number of anilines is 1. The summed E-state index contributed by atoms with van der Waals surface area (Å²) in [5.41, 5.74) is 1.12. The summed E-state index contributed by atoms with van der Waals surface area (Å²) in [4.78, 5) is 37.3. The molecule has 3 rings (SSSR count). The van der Waals surface area contributed by atoms with Crippen LogP contribution in [0.2, 0.25) is 5.02 Å². The Morgan fingerprint density at radius 1 is 1.19 bits per heavy atom. The third-order valence-electron chi connectivity index (χ3n) is 4.24. The number of carbonyl (C=O) groups is 3. The van der Waals surface area contributed by atoms with E-state index in [9.17, 15) is 14.4 Å². The zero-order valence-corrected chi connectivity index (χ0v) is 17.7. The van der Waals surface area contributed by atoms with Crippen molar-refractivity contribution in [3.8, 4) is 5.75 Å². The van der Waals surface area contributed by atoms with Gasteiger partial charge in [-0.05, 0) is 38.1 Å². The highest BCUT2D eigenvalue weighted by atomic mass is 35.5. The monoisotopic (exact) mass is 441 g/mol. The number of imide groups is 1. The second-order valence-electron chi connectivity index (χ2n) is 6.51. The highest BCUT2D eigenvalue weighted by Gasteiger charge is 2.38. The van der Waals surface area contributed by atoms with E-state index in [-0.39, 0.29) is 0 Å². The number of hydrogen-bond acceptors (Lipinski definition) is 7. The van der Waals surface area contributed by atoms with Gasteiger partial charge in [0.2, 0.25) is 5.91 Å². The number of halogens is 1. The van der Waals surface area contributed by atoms with E-state index in [4.69, 9.17) is 16.3 Å². The molecule has 0 saturated carbocycles. The molecule has 1 heterocycles. The van der Waals surface area contributed by atoms with E-state index >= 15 is 0 Å². The van der Waals surface area contributed by atoms with Gasteiger partial charge in [-0.15, -0.1) is 0 Å². The van der Waals surface area contributed by atoms with E-state index in [0.29, 0.717) is 39.5 Å². The molecular formula is C21H20ClN5O4. The summed E-state index contributed by atoms with van der Waals surface area (Å²) in [7, 11) is 0. The van der Waals surface area contributed by atoms with E-state index in [1.54, 1.807) is 55.5 Å². The molecule has 1 aliphatic heterocycles. The van der Waals surface area contributed by atoms with Crippen molar-refractivity contribution in [2.75, 3.05) is 11.9 Å². The molecule has 0 fully saturated rings. The van der Waals surface area contributed by atoms with Gasteiger partial charge in [0.15, 0.2) is 6.04 Å². The third kappa shape index (κ3) is 5.32. The maximum atomic E-state index is 12.6. The lowest BCUT2D eigenvalue weighted by atomic mass is 10.2. The molecular weight excluding hydrogens is 422 g/mol. The molecule has 0 saturated heterocycles. The van der Waals surface area contributed by atoms with Gasteiger partial charge in [-0.2, -0.15) is 20.3 Å². The summed E-state index contributed by atoms with van der Waals surface area (Å²) in [6.45, 7) is 3.86. The highest BCUT2D eigenvalue weighted by Crippen LogP contribution is 2.28. The van der Waals surface area contributed by atoms with Gasteiger partial charge in [0.1, 0.15) is 17.9 Å². The molecule has 1 aliphatic rings. The fraction of sp³-hybridized carbons (Fsp3) is 0.238. The number of azo groups is 1. The first-order valence-corrected chi connectivity index (χ1v) is 9.87. The second-order valence-corrected chi connectivity index (χ2v) is 6.92. The predicted octanol–water partition coefficient (Wildman–Crippen LogP) is 3.96. The first-order chi connectivity index (χ1) is 14.9. The SMILES string of the molecule is CCOc1ccccc1N=NC1C(=O)N(C(=O)CC(=O)Nc2ccccc2Cl)N=C1C. The zero-order valence-electron chi connectivity index (χ0n) is 16.9. The lowest BCUT2D eigenvalue weighted by molar-refractivity contribution is -0.144. The summed E-state index contributed by atoms with van der Waals surface area (Å²) in [6.07, 6.45) is -0.579. The van der Waals surface area contributed by atoms with Crippen molar-refractivity contribution < 1.29 is 19.1 Å². The summed E-state index contributed by atoms with van der Waals surface area (Å²) in [5, 5.41) is 15.6. The molecule has 2 aromatic rings. The Hall–Kier alpha value is -3.59. The number of benzene rings is 2. The molecule has 1 N–H and O–H groups in total. The maximum Gasteiger partial charge on any atom is 0.282 e. The van der Waals surface area contributed by atoms with Crippen LogP contribution in [-0.4, -0.2) is 41.1 Å². The van der Waals surface area contributed by atoms with Crippen molar-refractivity contribution in [2.45, 2.75) is 26.3 Å². The van der Waals surface area contributed by atoms with Crippen LogP contribution in [0.5, 0.6) is 5.75 Å². The van der Waals surface area contributed by atoms with E-state index in [1.807, 2.05) is 6.92 Å². The minimum Gasteiger partial charge on any atom is -0.492 e. The van der Waals surface area contributed by atoms with Crippen LogP contribution in [0.25, 0.3) is 0 Å². The topological polar surface area (TPSA) is 113 Å². The van der Waals surface area contributed by atoms with Gasteiger partial charge in [0.25, 0.3) is 11.8 Å². The van der Waals surface area contributed by atoms with Crippen molar-refractivity contribution in [1.29, 1.82) is 0 Å². The highest BCUT2D eigenvalue weighted by molar-refractivity contribution is 6.33. The standard InChI is InChI=1S/C21H20ClN5O4/c1-3-31-17-11-7-6-10-16(17)24-25-20-13(2)26-27(21(20)30)19(29)12-18(28)23-15-9-5-4-8-14(15)22/h4-11,20H,3,12H2,1-2H3,(H,23,28). The molecule has 10 heteroatoms. The molecule has 1 atom stereocenters. The number of nitrogens with zero attached hydrogens (tertiary/aromatic N) is 4. The normalized spacial score (nSPS) is 15.8. The molecule has 1 unspecified atom stereocenters. The van der Waals surface area contributed by atoms with E-state index in [0.717, 1.165) is 0 Å². The quantitative estimate of drug-likeness (QED) is 0.517. The first kappa shape index (κ1) is 22.1. The van der Waals surface area contributed by atoms with Crippen molar-refractivity contribution >= 4 is 46.4 Å². The average molecular weight is 442 g/mol. The smallest absolute Gasteiger partial charge is 0.282 e. The van der Waals surface area contributed by atoms with Crippen LogP contribution in [0.4, 0.5) is 11.4 Å². The Morgan fingerprint density at radius 3 is 2.65 bits per heavy atom. The first-order valence-electron chi connectivity index (χ1n) is 9.49. The van der Waals surface area contributed by atoms with Gasteiger partial charge >= 0.3 is 0 Å². The summed E-state index contributed by atoms with van der Waals surface area (Å²) >= 11 is 5.99. The zero-order chi connectivity index (χ0) is 22.4. The number of carbonyl (C=O) groups excluding carboxylic acids is 3. The molecule has 2 aromatic carbocycles. The molecule has 3 amide bonds. The Labute approximate surface area is 183 Å². The Morgan fingerprint density at radius 2 is 1.90 bits per heavy atom. The molecule has 0 bridgehead atoms. The van der Waals surface area contributed by atoms with E-state index in [2.05, 4.69) is 20.6 Å². The largest absolute Gasteiger partial charge is 0.492 e. The summed E-state index contributed by atoms with van der Waals surface area (Å²) < 4.78 is 5.48. The summed E-state index contributed by atoms with van der Waals surface area (Å²) in [6, 6.07) is 12.6. The van der Waals surface area contributed by atoms with Gasteiger partial charge in [-0.3, -0.25) is 14.4 Å². The van der Waals surface area contributed by atoms with Gasteiger partial charge in [-0.25, -0.2) is 0 Å². The van der Waals surface area contributed by atoms with Gasteiger partial charge in [-0.1, -0.05) is 35.9 Å². The number of rotatable bonds is 7. The Balaban J connectivity index is 1.66. The van der Waals surface area contributed by atoms with Crippen molar-refractivity contribution in [2.24, 2.45) is 15.3 Å². The molecule has 0 radical (unpaired) electrons. The fourth-order valence-electron chi connectivity index (χ4n) is 2.77. The van der Waals surface area contributed by atoms with Crippen molar-refractivity contribution in [1.82, 2.24) is 5.01 Å². The molecule has 0 spiro atoms. The number of amides is 3. The number of ether oxygens (including phenoxy) is 1. The predicted molar refractivity (Wildman–Crippen MR) is 116 cm³/mol. The second kappa shape index (κ2) is 9.94. The number of nitrogens with one attached hydrogen (secondary N) is 1.